The Hall–Kier alpha value is -3.01. The maximum Gasteiger partial charge on any atom is 0.287 e. The van der Waals surface area contributed by atoms with Crippen LogP contribution in [0.2, 0.25) is 0 Å². The minimum Gasteiger partial charge on any atom is -0.489 e. The third-order valence-corrected chi connectivity index (χ3v) is 3.83. The van der Waals surface area contributed by atoms with Crippen molar-refractivity contribution >= 4 is 5.91 Å². The molecule has 25 heavy (non-hydrogen) atoms. The Morgan fingerprint density at radius 2 is 1.80 bits per heavy atom. The lowest BCUT2D eigenvalue weighted by Gasteiger charge is -2.08. The van der Waals surface area contributed by atoms with Gasteiger partial charge in [0.2, 0.25) is 0 Å². The smallest absolute Gasteiger partial charge is 0.287 e. The van der Waals surface area contributed by atoms with Gasteiger partial charge in [-0.3, -0.25) is 4.79 Å². The molecule has 1 aromatic heterocycles. The van der Waals surface area contributed by atoms with Crippen LogP contribution in [-0.2, 0) is 13.2 Å². The summed E-state index contributed by atoms with van der Waals surface area (Å²) in [5.74, 6) is 1.64. The standard InChI is InChI=1S/C21H21NO3/c1-15-4-3-5-18(12-15)14-24-19-9-7-17(8-10-19)13-22-21(23)20-11-6-16(2)25-20/h3-12H,13-14H2,1-2H3,(H,22,23). The van der Waals surface area contributed by atoms with Gasteiger partial charge in [0.1, 0.15) is 18.1 Å². The first-order chi connectivity index (χ1) is 12.1. The number of carbonyl (C=O) groups excluding carboxylic acids is 1. The van der Waals surface area contributed by atoms with E-state index in [2.05, 4.69) is 24.4 Å². The van der Waals surface area contributed by atoms with Crippen LogP contribution in [0.15, 0.2) is 65.1 Å². The third-order valence-electron chi connectivity index (χ3n) is 3.83. The molecule has 0 aliphatic rings. The van der Waals surface area contributed by atoms with E-state index in [-0.39, 0.29) is 5.91 Å². The van der Waals surface area contributed by atoms with Crippen LogP contribution in [-0.4, -0.2) is 5.91 Å². The number of nitrogens with one attached hydrogen (secondary N) is 1. The van der Waals surface area contributed by atoms with Crippen LogP contribution in [0.4, 0.5) is 0 Å². The van der Waals surface area contributed by atoms with E-state index in [0.717, 1.165) is 22.6 Å². The number of rotatable bonds is 6. The van der Waals surface area contributed by atoms with Crippen molar-refractivity contribution in [3.05, 3.63) is 88.9 Å². The molecule has 0 saturated heterocycles. The van der Waals surface area contributed by atoms with Gasteiger partial charge in [0.05, 0.1) is 0 Å². The molecule has 0 unspecified atom stereocenters. The third kappa shape index (κ3) is 4.73. The molecule has 0 atom stereocenters. The van der Waals surface area contributed by atoms with Gasteiger partial charge in [-0.1, -0.05) is 42.0 Å². The molecular formula is C21H21NO3. The summed E-state index contributed by atoms with van der Waals surface area (Å²) in [6.07, 6.45) is 0. The molecule has 0 spiro atoms. The number of benzene rings is 2. The lowest BCUT2D eigenvalue weighted by Crippen LogP contribution is -2.22. The zero-order chi connectivity index (χ0) is 17.6. The predicted octanol–water partition coefficient (Wildman–Crippen LogP) is 4.41. The fourth-order valence-corrected chi connectivity index (χ4v) is 2.50. The maximum atomic E-state index is 12.0. The molecule has 0 fully saturated rings. The first-order valence-corrected chi connectivity index (χ1v) is 8.22. The quantitative estimate of drug-likeness (QED) is 0.726. The average molecular weight is 335 g/mol. The Balaban J connectivity index is 1.51. The van der Waals surface area contributed by atoms with Crippen LogP contribution in [0.1, 0.15) is 33.0 Å². The number of amides is 1. The second kappa shape index (κ2) is 7.71. The van der Waals surface area contributed by atoms with Crippen molar-refractivity contribution in [2.45, 2.75) is 27.0 Å². The van der Waals surface area contributed by atoms with E-state index in [4.69, 9.17) is 9.15 Å². The second-order valence-corrected chi connectivity index (χ2v) is 6.01. The van der Waals surface area contributed by atoms with Crippen molar-refractivity contribution in [3.8, 4) is 5.75 Å². The highest BCUT2D eigenvalue weighted by Gasteiger charge is 2.09. The van der Waals surface area contributed by atoms with Crippen molar-refractivity contribution in [2.24, 2.45) is 0 Å². The Morgan fingerprint density at radius 3 is 2.48 bits per heavy atom. The molecule has 0 aliphatic carbocycles. The minimum atomic E-state index is -0.215. The molecule has 2 aromatic carbocycles. The zero-order valence-corrected chi connectivity index (χ0v) is 14.4. The van der Waals surface area contributed by atoms with Crippen LogP contribution in [0.25, 0.3) is 0 Å². The summed E-state index contributed by atoms with van der Waals surface area (Å²) in [5.41, 5.74) is 3.36. The molecule has 3 rings (SSSR count). The van der Waals surface area contributed by atoms with Crippen molar-refractivity contribution in [2.75, 3.05) is 0 Å². The van der Waals surface area contributed by atoms with Crippen LogP contribution in [0.3, 0.4) is 0 Å². The van der Waals surface area contributed by atoms with Crippen molar-refractivity contribution < 1.29 is 13.9 Å². The van der Waals surface area contributed by atoms with Crippen molar-refractivity contribution in [1.29, 1.82) is 0 Å². The fourth-order valence-electron chi connectivity index (χ4n) is 2.50. The summed E-state index contributed by atoms with van der Waals surface area (Å²) >= 11 is 0. The number of furan rings is 1. The summed E-state index contributed by atoms with van der Waals surface area (Å²) in [5, 5.41) is 2.84. The summed E-state index contributed by atoms with van der Waals surface area (Å²) in [6, 6.07) is 19.4. The molecule has 128 valence electrons. The minimum absolute atomic E-state index is 0.215. The Labute approximate surface area is 147 Å². The van der Waals surface area contributed by atoms with E-state index in [9.17, 15) is 4.79 Å². The van der Waals surface area contributed by atoms with E-state index in [1.54, 1.807) is 12.1 Å². The Kier molecular flexibility index (Phi) is 5.19. The highest BCUT2D eigenvalue weighted by atomic mass is 16.5. The van der Waals surface area contributed by atoms with Gasteiger partial charge in [0.15, 0.2) is 5.76 Å². The van der Waals surface area contributed by atoms with Crippen LogP contribution < -0.4 is 10.1 Å². The van der Waals surface area contributed by atoms with E-state index in [0.29, 0.717) is 18.9 Å². The normalized spacial score (nSPS) is 10.5. The van der Waals surface area contributed by atoms with Gasteiger partial charge in [-0.15, -0.1) is 0 Å². The predicted molar refractivity (Wildman–Crippen MR) is 96.6 cm³/mol. The van der Waals surface area contributed by atoms with Gasteiger partial charge < -0.3 is 14.5 Å². The molecule has 4 heteroatoms. The van der Waals surface area contributed by atoms with Gasteiger partial charge in [-0.25, -0.2) is 0 Å². The van der Waals surface area contributed by atoms with Crippen LogP contribution in [0, 0.1) is 13.8 Å². The number of ether oxygens (including phenoxy) is 1. The first kappa shape index (κ1) is 16.8. The van der Waals surface area contributed by atoms with E-state index in [1.165, 1.54) is 5.56 Å². The molecule has 1 heterocycles. The molecule has 0 bridgehead atoms. The monoisotopic (exact) mass is 335 g/mol. The molecule has 1 amide bonds. The number of carbonyl (C=O) groups is 1. The van der Waals surface area contributed by atoms with Gasteiger partial charge in [0, 0.05) is 6.54 Å². The lowest BCUT2D eigenvalue weighted by molar-refractivity contribution is 0.0922. The summed E-state index contributed by atoms with van der Waals surface area (Å²) in [6.45, 7) is 4.86. The van der Waals surface area contributed by atoms with Crippen LogP contribution in [0.5, 0.6) is 5.75 Å². The molecular weight excluding hydrogens is 314 g/mol. The van der Waals surface area contributed by atoms with Gasteiger partial charge in [-0.05, 0) is 49.2 Å². The molecule has 3 aromatic rings. The van der Waals surface area contributed by atoms with Gasteiger partial charge >= 0.3 is 0 Å². The summed E-state index contributed by atoms with van der Waals surface area (Å²) in [7, 11) is 0. The lowest BCUT2D eigenvalue weighted by atomic mass is 10.1. The first-order valence-electron chi connectivity index (χ1n) is 8.22. The summed E-state index contributed by atoms with van der Waals surface area (Å²) < 4.78 is 11.1. The number of hydrogen-bond acceptors (Lipinski definition) is 3. The van der Waals surface area contributed by atoms with Crippen molar-refractivity contribution in [3.63, 3.8) is 0 Å². The average Bonchev–Trinajstić information content (AvgIpc) is 3.05. The Morgan fingerprint density at radius 1 is 1.00 bits per heavy atom. The summed E-state index contributed by atoms with van der Waals surface area (Å²) in [4.78, 5) is 12.0. The molecule has 0 saturated carbocycles. The van der Waals surface area contributed by atoms with E-state index in [1.807, 2.05) is 43.3 Å². The largest absolute Gasteiger partial charge is 0.489 e. The van der Waals surface area contributed by atoms with E-state index >= 15 is 0 Å². The molecule has 0 radical (unpaired) electrons. The Bertz CT molecular complexity index is 850. The maximum absolute atomic E-state index is 12.0. The van der Waals surface area contributed by atoms with Crippen LogP contribution >= 0.6 is 0 Å². The van der Waals surface area contributed by atoms with E-state index < -0.39 is 0 Å². The SMILES string of the molecule is Cc1cccc(COc2ccc(CNC(=O)c3ccc(C)o3)cc2)c1. The highest BCUT2D eigenvalue weighted by Crippen LogP contribution is 2.15. The topological polar surface area (TPSA) is 51.5 Å². The fraction of sp³-hybridized carbons (Fsp3) is 0.190. The number of hydrogen-bond donors (Lipinski definition) is 1. The van der Waals surface area contributed by atoms with Gasteiger partial charge in [-0.2, -0.15) is 0 Å². The molecule has 4 nitrogen and oxygen atoms in total. The zero-order valence-electron chi connectivity index (χ0n) is 14.4. The number of aryl methyl sites for hydroxylation is 2. The van der Waals surface area contributed by atoms with Crippen molar-refractivity contribution in [1.82, 2.24) is 5.32 Å². The van der Waals surface area contributed by atoms with Gasteiger partial charge in [0.25, 0.3) is 5.91 Å². The molecule has 0 aliphatic heterocycles. The highest BCUT2D eigenvalue weighted by molar-refractivity contribution is 5.91. The second-order valence-electron chi connectivity index (χ2n) is 6.01. The molecule has 1 N–H and O–H groups in total.